The highest BCUT2D eigenvalue weighted by Crippen LogP contribution is 2.09. The minimum atomic E-state index is -2.70. The van der Waals surface area contributed by atoms with E-state index in [4.69, 9.17) is 0 Å². The van der Waals surface area contributed by atoms with Crippen LogP contribution in [-0.4, -0.2) is 20.2 Å². The molecule has 0 unspecified atom stereocenters. The summed E-state index contributed by atoms with van der Waals surface area (Å²) in [6.45, 7) is 0.926. The van der Waals surface area contributed by atoms with Gasteiger partial charge in [0.15, 0.2) is 5.82 Å². The van der Waals surface area contributed by atoms with Crippen LogP contribution in [0.15, 0.2) is 0 Å². The zero-order valence-corrected chi connectivity index (χ0v) is 6.20. The number of halogens is 2. The van der Waals surface area contributed by atoms with Gasteiger partial charge in [-0.2, -0.15) is 8.78 Å². The van der Waals surface area contributed by atoms with Crippen molar-refractivity contribution in [3.8, 4) is 0 Å². The average molecular weight is 162 g/mol. The number of hydrogen-bond donors (Lipinski definition) is 0. The molecule has 1 aromatic heterocycles. The molecule has 0 N–H and O–H groups in total. The molecule has 11 heavy (non-hydrogen) atoms. The van der Waals surface area contributed by atoms with E-state index in [2.05, 4.69) is 15.4 Å². The number of tetrazole rings is 1. The normalized spacial score (nSPS) is 11.5. The third-order valence-corrected chi connectivity index (χ3v) is 1.13. The van der Waals surface area contributed by atoms with Gasteiger partial charge in [-0.1, -0.05) is 18.6 Å². The first-order valence-electron chi connectivity index (χ1n) is 3.19. The molecule has 1 heterocycles. The minimum absolute atomic E-state index is 0.0301. The van der Waals surface area contributed by atoms with Crippen LogP contribution < -0.4 is 0 Å². The molecular weight excluding hydrogens is 154 g/mol. The first-order valence-corrected chi connectivity index (χ1v) is 3.19. The Kier molecular flexibility index (Phi) is 2.11. The van der Waals surface area contributed by atoms with Gasteiger partial charge in [0.05, 0.1) is 0 Å². The molecule has 0 saturated carbocycles. The number of aromatic nitrogens is 4. The fourth-order valence-corrected chi connectivity index (χ4v) is 0.550. The Bertz CT molecular complexity index is 210. The van der Waals surface area contributed by atoms with Gasteiger partial charge < -0.3 is 0 Å². The average Bonchev–Trinajstić information content (AvgIpc) is 2.33. The summed E-state index contributed by atoms with van der Waals surface area (Å²) >= 11 is 0. The monoisotopic (exact) mass is 162 g/mol. The van der Waals surface area contributed by atoms with Crippen molar-refractivity contribution < 1.29 is 8.78 Å². The lowest BCUT2D eigenvalue weighted by atomic mass is 10.2. The van der Waals surface area contributed by atoms with Crippen molar-refractivity contribution in [2.75, 3.05) is 0 Å². The Morgan fingerprint density at radius 3 is 2.27 bits per heavy atom. The summed E-state index contributed by atoms with van der Waals surface area (Å²) in [7, 11) is 0. The topological polar surface area (TPSA) is 43.6 Å². The molecular formula is C5H8F2N4. The quantitative estimate of drug-likeness (QED) is 0.656. The molecule has 6 heteroatoms. The lowest BCUT2D eigenvalue weighted by molar-refractivity contribution is 0.0393. The number of alkyl halides is 2. The van der Waals surface area contributed by atoms with Gasteiger partial charge in [-0.05, 0) is 5.21 Å². The van der Waals surface area contributed by atoms with Crippen molar-refractivity contribution >= 4 is 0 Å². The molecule has 0 bridgehead atoms. The fraction of sp³-hybridized carbons (Fsp3) is 0.800. The summed E-state index contributed by atoms with van der Waals surface area (Å²) in [6, 6.07) is 0. The van der Waals surface area contributed by atoms with Crippen molar-refractivity contribution in [2.45, 2.75) is 26.3 Å². The minimum Gasteiger partial charge on any atom is -0.182 e. The third kappa shape index (κ3) is 1.69. The molecule has 0 fully saturated rings. The van der Waals surface area contributed by atoms with E-state index in [-0.39, 0.29) is 5.92 Å². The Balaban J connectivity index is 2.82. The molecule has 0 aliphatic heterocycles. The van der Waals surface area contributed by atoms with Crippen LogP contribution in [0.25, 0.3) is 0 Å². The second-order valence-corrected chi connectivity index (χ2v) is 2.40. The summed E-state index contributed by atoms with van der Waals surface area (Å²) in [5.74, 6) is 0.368. The standard InChI is InChI=1S/C5H8F2N4/c1-3(2)4-8-10-11(9-4)5(6)7/h3,5H,1-2H3. The second-order valence-electron chi connectivity index (χ2n) is 2.40. The van der Waals surface area contributed by atoms with Gasteiger partial charge in [0.2, 0.25) is 0 Å². The third-order valence-electron chi connectivity index (χ3n) is 1.13. The van der Waals surface area contributed by atoms with Crippen LogP contribution in [0, 0.1) is 0 Å². The van der Waals surface area contributed by atoms with Gasteiger partial charge in [0, 0.05) is 5.92 Å². The van der Waals surface area contributed by atoms with Gasteiger partial charge in [-0.3, -0.25) is 0 Å². The SMILES string of the molecule is CC(C)c1nnn(C(F)F)n1. The zero-order chi connectivity index (χ0) is 8.43. The highest BCUT2D eigenvalue weighted by molar-refractivity contribution is 4.84. The van der Waals surface area contributed by atoms with Crippen LogP contribution in [0.4, 0.5) is 8.78 Å². The van der Waals surface area contributed by atoms with Crippen molar-refractivity contribution in [1.82, 2.24) is 20.2 Å². The Hall–Kier alpha value is -1.07. The smallest absolute Gasteiger partial charge is 0.182 e. The Labute approximate surface area is 62.2 Å². The summed E-state index contributed by atoms with van der Waals surface area (Å²) in [5.41, 5.74) is 0. The van der Waals surface area contributed by atoms with E-state index < -0.39 is 6.55 Å². The van der Waals surface area contributed by atoms with Crippen LogP contribution in [0.5, 0.6) is 0 Å². The van der Waals surface area contributed by atoms with Gasteiger partial charge in [0.1, 0.15) is 0 Å². The van der Waals surface area contributed by atoms with Crippen molar-refractivity contribution in [3.05, 3.63) is 5.82 Å². The van der Waals surface area contributed by atoms with Gasteiger partial charge in [-0.15, -0.1) is 10.2 Å². The van der Waals surface area contributed by atoms with Gasteiger partial charge in [-0.25, -0.2) is 0 Å². The van der Waals surface area contributed by atoms with E-state index in [0.717, 1.165) is 0 Å². The molecule has 1 rings (SSSR count). The Morgan fingerprint density at radius 1 is 1.36 bits per heavy atom. The van der Waals surface area contributed by atoms with Crippen LogP contribution in [0.2, 0.25) is 0 Å². The van der Waals surface area contributed by atoms with E-state index in [1.165, 1.54) is 0 Å². The Morgan fingerprint density at radius 2 is 2.00 bits per heavy atom. The lowest BCUT2D eigenvalue weighted by Gasteiger charge is -1.94. The molecule has 0 atom stereocenters. The van der Waals surface area contributed by atoms with Crippen LogP contribution in [0.3, 0.4) is 0 Å². The van der Waals surface area contributed by atoms with Crippen LogP contribution in [0.1, 0.15) is 32.1 Å². The van der Waals surface area contributed by atoms with Crippen LogP contribution in [-0.2, 0) is 0 Å². The van der Waals surface area contributed by atoms with Crippen molar-refractivity contribution in [3.63, 3.8) is 0 Å². The summed E-state index contributed by atoms with van der Waals surface area (Å²) in [6.07, 6.45) is 0. The number of nitrogens with zero attached hydrogens (tertiary/aromatic N) is 4. The fourth-order valence-electron chi connectivity index (χ4n) is 0.550. The molecule has 0 aliphatic carbocycles. The molecule has 62 valence electrons. The lowest BCUT2D eigenvalue weighted by Crippen LogP contribution is -2.03. The van der Waals surface area contributed by atoms with E-state index in [1.54, 1.807) is 0 Å². The molecule has 0 amide bonds. The largest absolute Gasteiger partial charge is 0.350 e. The highest BCUT2D eigenvalue weighted by Gasteiger charge is 2.12. The maximum atomic E-state index is 11.8. The molecule has 0 aliphatic rings. The molecule has 0 radical (unpaired) electrons. The first-order chi connectivity index (χ1) is 5.11. The maximum absolute atomic E-state index is 11.8. The van der Waals surface area contributed by atoms with Gasteiger partial charge in [0.25, 0.3) is 0 Å². The molecule has 4 nitrogen and oxygen atoms in total. The van der Waals surface area contributed by atoms with E-state index in [9.17, 15) is 8.78 Å². The number of hydrogen-bond acceptors (Lipinski definition) is 3. The van der Waals surface area contributed by atoms with Crippen molar-refractivity contribution in [1.29, 1.82) is 0 Å². The van der Waals surface area contributed by atoms with E-state index >= 15 is 0 Å². The molecule has 0 aromatic carbocycles. The summed E-state index contributed by atoms with van der Waals surface area (Å²) < 4.78 is 23.7. The van der Waals surface area contributed by atoms with Crippen LogP contribution >= 0.6 is 0 Å². The molecule has 1 aromatic rings. The summed E-state index contributed by atoms with van der Waals surface area (Å²) in [5, 5.41) is 10.1. The first kappa shape index (κ1) is 8.03. The predicted molar refractivity (Wildman–Crippen MR) is 33.2 cm³/mol. The second kappa shape index (κ2) is 2.89. The van der Waals surface area contributed by atoms with E-state index in [0.29, 0.717) is 10.6 Å². The van der Waals surface area contributed by atoms with E-state index in [1.807, 2.05) is 13.8 Å². The van der Waals surface area contributed by atoms with Gasteiger partial charge >= 0.3 is 6.55 Å². The van der Waals surface area contributed by atoms with Crippen molar-refractivity contribution in [2.24, 2.45) is 0 Å². The maximum Gasteiger partial charge on any atom is 0.350 e. The summed E-state index contributed by atoms with van der Waals surface area (Å²) in [4.78, 5) is 0.301. The molecule has 0 saturated heterocycles. The predicted octanol–water partition coefficient (Wildman–Crippen LogP) is 1.19. The number of rotatable bonds is 2. The molecule has 0 spiro atoms. The highest BCUT2D eigenvalue weighted by atomic mass is 19.3. The zero-order valence-electron chi connectivity index (χ0n) is 6.20.